The van der Waals surface area contributed by atoms with Crippen LogP contribution in [0.15, 0.2) is 0 Å². The van der Waals surface area contributed by atoms with Gasteiger partial charge in [0.05, 0.1) is 0 Å². The lowest BCUT2D eigenvalue weighted by Gasteiger charge is -2.39. The molecule has 0 radical (unpaired) electrons. The molecular weight excluding hydrogens is 230 g/mol. The molecule has 0 amide bonds. The second-order valence-electron chi connectivity index (χ2n) is 6.19. The Morgan fingerprint density at radius 3 is 2.67 bits per heavy atom. The third-order valence-electron chi connectivity index (χ3n) is 5.07. The molecule has 0 aliphatic carbocycles. The predicted octanol–water partition coefficient (Wildman–Crippen LogP) is 0.101. The first-order valence-corrected chi connectivity index (χ1v) is 7.09. The van der Waals surface area contributed by atoms with Crippen LogP contribution in [-0.4, -0.2) is 64.7 Å². The van der Waals surface area contributed by atoms with Gasteiger partial charge >= 0.3 is 5.97 Å². The van der Waals surface area contributed by atoms with Gasteiger partial charge in [0, 0.05) is 25.2 Å². The van der Waals surface area contributed by atoms with E-state index in [9.17, 15) is 9.90 Å². The van der Waals surface area contributed by atoms with E-state index < -0.39 is 11.5 Å². The van der Waals surface area contributed by atoms with Crippen LogP contribution < -0.4 is 5.73 Å². The molecule has 0 aromatic heterocycles. The minimum Gasteiger partial charge on any atom is -0.480 e. The van der Waals surface area contributed by atoms with Gasteiger partial charge in [0.1, 0.15) is 5.54 Å². The Labute approximate surface area is 108 Å². The predicted molar refractivity (Wildman–Crippen MR) is 68.4 cm³/mol. The largest absolute Gasteiger partial charge is 0.480 e. The Bertz CT molecular complexity index is 349. The van der Waals surface area contributed by atoms with Crippen molar-refractivity contribution in [2.24, 2.45) is 5.73 Å². The van der Waals surface area contributed by atoms with E-state index in [1.54, 1.807) is 0 Å². The van der Waals surface area contributed by atoms with E-state index in [0.717, 1.165) is 12.6 Å². The van der Waals surface area contributed by atoms with Gasteiger partial charge in [-0.2, -0.15) is 0 Å². The van der Waals surface area contributed by atoms with E-state index in [1.807, 2.05) is 0 Å². The normalized spacial score (nSPS) is 42.1. The zero-order chi connectivity index (χ0) is 12.8. The van der Waals surface area contributed by atoms with E-state index in [-0.39, 0.29) is 0 Å². The maximum Gasteiger partial charge on any atom is 0.325 e. The number of carboxylic acid groups (broad SMARTS) is 1. The number of carbonyl (C=O) groups is 1. The van der Waals surface area contributed by atoms with Crippen LogP contribution in [0.25, 0.3) is 0 Å². The van der Waals surface area contributed by atoms with Crippen molar-refractivity contribution in [3.63, 3.8) is 0 Å². The van der Waals surface area contributed by atoms with Gasteiger partial charge in [-0.25, -0.2) is 0 Å². The molecule has 0 saturated carbocycles. The highest BCUT2D eigenvalue weighted by Crippen LogP contribution is 2.32. The molecule has 102 valence electrons. The highest BCUT2D eigenvalue weighted by Gasteiger charge is 2.44. The van der Waals surface area contributed by atoms with Crippen LogP contribution in [-0.2, 0) is 4.79 Å². The number of aliphatic carboxylic acids is 1. The summed E-state index contributed by atoms with van der Waals surface area (Å²) in [5.74, 6) is -0.844. The van der Waals surface area contributed by atoms with Crippen molar-refractivity contribution >= 4 is 5.97 Å². The lowest BCUT2D eigenvalue weighted by molar-refractivity contribution is -0.142. The molecule has 3 aliphatic heterocycles. The number of nitrogens with two attached hydrogens (primary N) is 1. The van der Waals surface area contributed by atoms with E-state index in [0.29, 0.717) is 19.0 Å². The van der Waals surface area contributed by atoms with Crippen molar-refractivity contribution < 1.29 is 9.90 Å². The molecule has 3 heterocycles. The molecule has 3 aliphatic rings. The van der Waals surface area contributed by atoms with Gasteiger partial charge < -0.3 is 15.7 Å². The van der Waals surface area contributed by atoms with Crippen molar-refractivity contribution in [1.82, 2.24) is 9.80 Å². The highest BCUT2D eigenvalue weighted by molar-refractivity contribution is 5.79. The number of hydrogen-bond acceptors (Lipinski definition) is 4. The smallest absolute Gasteiger partial charge is 0.325 e. The Hall–Kier alpha value is -0.650. The van der Waals surface area contributed by atoms with Crippen molar-refractivity contribution in [3.8, 4) is 0 Å². The van der Waals surface area contributed by atoms with Crippen LogP contribution in [0.4, 0.5) is 0 Å². The van der Waals surface area contributed by atoms with Crippen LogP contribution >= 0.6 is 0 Å². The number of carboxylic acids is 1. The SMILES string of the molecule is NC1(C(=O)O)CCN(C2CCN3CCCC3C2)C1. The third kappa shape index (κ3) is 2.04. The van der Waals surface area contributed by atoms with Gasteiger partial charge in [-0.1, -0.05) is 0 Å². The number of likely N-dealkylation sites (tertiary alicyclic amines) is 1. The summed E-state index contributed by atoms with van der Waals surface area (Å²) in [6.45, 7) is 3.81. The average molecular weight is 253 g/mol. The molecule has 0 aromatic rings. The first-order valence-electron chi connectivity index (χ1n) is 7.09. The molecule has 3 fully saturated rings. The van der Waals surface area contributed by atoms with Crippen LogP contribution in [0.3, 0.4) is 0 Å². The Kier molecular flexibility index (Phi) is 3.08. The molecule has 3 rings (SSSR count). The highest BCUT2D eigenvalue weighted by atomic mass is 16.4. The first kappa shape index (κ1) is 12.4. The molecule has 3 atom stereocenters. The fraction of sp³-hybridized carbons (Fsp3) is 0.923. The summed E-state index contributed by atoms with van der Waals surface area (Å²) < 4.78 is 0. The Balaban J connectivity index is 1.61. The molecule has 0 spiro atoms. The van der Waals surface area contributed by atoms with Crippen molar-refractivity contribution in [2.75, 3.05) is 26.2 Å². The van der Waals surface area contributed by atoms with E-state index in [1.165, 1.54) is 38.8 Å². The lowest BCUT2D eigenvalue weighted by Crippen LogP contribution is -2.53. The average Bonchev–Trinajstić information content (AvgIpc) is 2.95. The number of fused-ring (bicyclic) bond motifs is 1. The lowest BCUT2D eigenvalue weighted by atomic mass is 9.96. The first-order chi connectivity index (χ1) is 8.58. The zero-order valence-corrected chi connectivity index (χ0v) is 10.8. The fourth-order valence-corrected chi connectivity index (χ4v) is 3.88. The minimum absolute atomic E-state index is 0.528. The molecular formula is C13H23N3O2. The summed E-state index contributed by atoms with van der Waals surface area (Å²) in [5, 5.41) is 9.18. The number of hydrogen-bond donors (Lipinski definition) is 2. The van der Waals surface area contributed by atoms with Crippen molar-refractivity contribution in [2.45, 2.75) is 49.7 Å². The number of piperidine rings is 1. The van der Waals surface area contributed by atoms with Gasteiger partial charge in [-0.15, -0.1) is 0 Å². The van der Waals surface area contributed by atoms with Gasteiger partial charge in [0.2, 0.25) is 0 Å². The Morgan fingerprint density at radius 2 is 1.94 bits per heavy atom. The molecule has 5 heteroatoms. The molecule has 18 heavy (non-hydrogen) atoms. The minimum atomic E-state index is -1.01. The van der Waals surface area contributed by atoms with E-state index in [2.05, 4.69) is 9.80 Å². The van der Waals surface area contributed by atoms with Crippen molar-refractivity contribution in [1.29, 1.82) is 0 Å². The molecule has 3 saturated heterocycles. The number of nitrogens with zero attached hydrogens (tertiary/aromatic N) is 2. The summed E-state index contributed by atoms with van der Waals surface area (Å²) in [4.78, 5) is 16.1. The summed E-state index contributed by atoms with van der Waals surface area (Å²) in [6.07, 6.45) is 5.61. The number of rotatable bonds is 2. The van der Waals surface area contributed by atoms with Crippen LogP contribution in [0.5, 0.6) is 0 Å². The van der Waals surface area contributed by atoms with Crippen molar-refractivity contribution in [3.05, 3.63) is 0 Å². The molecule has 5 nitrogen and oxygen atoms in total. The van der Waals surface area contributed by atoms with Gasteiger partial charge in [0.15, 0.2) is 0 Å². The van der Waals surface area contributed by atoms with E-state index in [4.69, 9.17) is 5.73 Å². The third-order valence-corrected chi connectivity index (χ3v) is 5.07. The zero-order valence-electron chi connectivity index (χ0n) is 10.8. The molecule has 0 aromatic carbocycles. The fourth-order valence-electron chi connectivity index (χ4n) is 3.88. The molecule has 3 N–H and O–H groups in total. The second-order valence-corrected chi connectivity index (χ2v) is 6.19. The Morgan fingerprint density at radius 1 is 1.17 bits per heavy atom. The van der Waals surface area contributed by atoms with E-state index >= 15 is 0 Å². The molecule has 0 bridgehead atoms. The van der Waals surface area contributed by atoms with Crippen LogP contribution in [0.2, 0.25) is 0 Å². The molecule has 3 unspecified atom stereocenters. The van der Waals surface area contributed by atoms with Gasteiger partial charge in [-0.3, -0.25) is 9.69 Å². The second kappa shape index (κ2) is 4.47. The standard InChI is InChI=1S/C13H23N3O2/c14-13(12(17)18)4-7-16(9-13)11-3-6-15-5-1-2-10(15)8-11/h10-11H,1-9,14H2,(H,17,18). The van der Waals surface area contributed by atoms with Gasteiger partial charge in [-0.05, 0) is 45.2 Å². The summed E-state index contributed by atoms with van der Waals surface area (Å²) in [6, 6.07) is 1.29. The van der Waals surface area contributed by atoms with Crippen LogP contribution in [0.1, 0.15) is 32.1 Å². The quantitative estimate of drug-likeness (QED) is 0.730. The summed E-state index contributed by atoms with van der Waals surface area (Å²) in [7, 11) is 0. The topological polar surface area (TPSA) is 69.8 Å². The monoisotopic (exact) mass is 253 g/mol. The van der Waals surface area contributed by atoms with Crippen LogP contribution in [0, 0.1) is 0 Å². The van der Waals surface area contributed by atoms with Gasteiger partial charge in [0.25, 0.3) is 0 Å². The maximum absolute atomic E-state index is 11.2. The maximum atomic E-state index is 11.2. The summed E-state index contributed by atoms with van der Waals surface area (Å²) in [5.41, 5.74) is 4.95. The summed E-state index contributed by atoms with van der Waals surface area (Å²) >= 11 is 0.